The average molecular weight is 257 g/mol. The van der Waals surface area contributed by atoms with Gasteiger partial charge < -0.3 is 0 Å². The van der Waals surface area contributed by atoms with Crippen molar-refractivity contribution in [2.45, 2.75) is 33.6 Å². The van der Waals surface area contributed by atoms with Gasteiger partial charge in [0, 0.05) is 0 Å². The summed E-state index contributed by atoms with van der Waals surface area (Å²) in [6.45, 7) is 6.37. The lowest BCUT2D eigenvalue weighted by atomic mass is 10.1. The number of aliphatic imine (C=N–C) groups is 1. The third kappa shape index (κ3) is 3.36. The van der Waals surface area contributed by atoms with Crippen LogP contribution in [-0.4, -0.2) is 5.04 Å². The third-order valence-electron chi connectivity index (χ3n) is 3.01. The van der Waals surface area contributed by atoms with Gasteiger partial charge in [0.2, 0.25) is 0 Å². The van der Waals surface area contributed by atoms with Gasteiger partial charge in [-0.1, -0.05) is 42.1 Å². The van der Waals surface area contributed by atoms with Crippen LogP contribution in [0, 0.1) is 6.92 Å². The molecule has 0 N–H and O–H groups in total. The van der Waals surface area contributed by atoms with Gasteiger partial charge >= 0.3 is 0 Å². The molecule has 1 aliphatic carbocycles. The lowest BCUT2D eigenvalue weighted by molar-refractivity contribution is 1.00. The second kappa shape index (κ2) is 6.05. The maximum Gasteiger partial charge on any atom is 0.0752 e. The van der Waals surface area contributed by atoms with Crippen molar-refractivity contribution < 1.29 is 0 Å². The monoisotopic (exact) mass is 257 g/mol. The van der Waals surface area contributed by atoms with Crippen LogP contribution < -0.4 is 0 Å². The second-order valence-electron chi connectivity index (χ2n) is 4.57. The van der Waals surface area contributed by atoms with E-state index in [1.165, 1.54) is 16.0 Å². The lowest BCUT2D eigenvalue weighted by Crippen LogP contribution is -1.92. The summed E-state index contributed by atoms with van der Waals surface area (Å²) < 4.78 is 0. The van der Waals surface area contributed by atoms with E-state index in [1.54, 1.807) is 0 Å². The van der Waals surface area contributed by atoms with E-state index in [0.29, 0.717) is 0 Å². The summed E-state index contributed by atoms with van der Waals surface area (Å²) >= 11 is 1.81. The van der Waals surface area contributed by atoms with Crippen LogP contribution in [0.25, 0.3) is 0 Å². The highest BCUT2D eigenvalue weighted by Crippen LogP contribution is 2.31. The number of allylic oxidation sites excluding steroid dienone is 4. The molecule has 1 aromatic rings. The smallest absolute Gasteiger partial charge is 0.0752 e. The van der Waals surface area contributed by atoms with Gasteiger partial charge in [-0.2, -0.15) is 0 Å². The molecule has 0 bridgehead atoms. The van der Waals surface area contributed by atoms with E-state index in [-0.39, 0.29) is 0 Å². The zero-order valence-electron chi connectivity index (χ0n) is 11.2. The van der Waals surface area contributed by atoms with E-state index in [4.69, 9.17) is 4.99 Å². The molecule has 2 heteroatoms. The molecule has 0 radical (unpaired) electrons. The number of aryl methyl sites for hydroxylation is 1. The first-order valence-corrected chi connectivity index (χ1v) is 7.13. The van der Waals surface area contributed by atoms with E-state index >= 15 is 0 Å². The van der Waals surface area contributed by atoms with Crippen LogP contribution in [0.15, 0.2) is 51.9 Å². The average Bonchev–Trinajstić information content (AvgIpc) is 2.35. The van der Waals surface area contributed by atoms with Crippen LogP contribution >= 0.6 is 11.8 Å². The minimum atomic E-state index is 1.08. The number of para-hydroxylation sites is 1. The molecule has 0 saturated heterocycles. The Hall–Kier alpha value is -1.28. The minimum absolute atomic E-state index is 1.08. The zero-order chi connectivity index (χ0) is 13.0. The van der Waals surface area contributed by atoms with Crippen LogP contribution in [0.5, 0.6) is 0 Å². The van der Waals surface area contributed by atoms with E-state index in [1.807, 2.05) is 17.8 Å². The summed E-state index contributed by atoms with van der Waals surface area (Å²) in [4.78, 5) is 6.16. The summed E-state index contributed by atoms with van der Waals surface area (Å²) in [7, 11) is 0. The molecule has 1 aliphatic rings. The standard InChI is InChI=1S/C16H19NS/c1-12-8-4-6-10-15(12)17-14(3)18-16-11-7-5-9-13(16)2/h4-6,8-10H,7,11H2,1-3H3. The van der Waals surface area contributed by atoms with E-state index in [2.05, 4.69) is 51.1 Å². The van der Waals surface area contributed by atoms with Gasteiger partial charge in [-0.25, -0.2) is 4.99 Å². The topological polar surface area (TPSA) is 12.4 Å². The van der Waals surface area contributed by atoms with Crippen molar-refractivity contribution in [3.8, 4) is 0 Å². The quantitative estimate of drug-likeness (QED) is 0.510. The fourth-order valence-electron chi connectivity index (χ4n) is 1.96. The predicted octanol–water partition coefficient (Wildman–Crippen LogP) is 5.40. The van der Waals surface area contributed by atoms with E-state index < -0.39 is 0 Å². The van der Waals surface area contributed by atoms with Crippen molar-refractivity contribution in [2.75, 3.05) is 0 Å². The number of hydrogen-bond donors (Lipinski definition) is 0. The van der Waals surface area contributed by atoms with Gasteiger partial charge in [-0.3, -0.25) is 0 Å². The maximum atomic E-state index is 4.71. The SMILES string of the molecule is CC(=Nc1ccccc1C)SC1=C(C)C=CCC1. The molecular weight excluding hydrogens is 238 g/mol. The number of nitrogens with zero attached hydrogens (tertiary/aromatic N) is 1. The van der Waals surface area contributed by atoms with Gasteiger partial charge in [0.05, 0.1) is 10.7 Å². The Morgan fingerprint density at radius 3 is 2.72 bits per heavy atom. The Morgan fingerprint density at radius 1 is 1.22 bits per heavy atom. The molecule has 1 aromatic carbocycles. The molecule has 0 heterocycles. The molecule has 94 valence electrons. The summed E-state index contributed by atoms with van der Waals surface area (Å²) in [5, 5.41) is 1.12. The van der Waals surface area contributed by atoms with Crippen molar-refractivity contribution in [2.24, 2.45) is 4.99 Å². The molecule has 1 nitrogen and oxygen atoms in total. The first-order chi connectivity index (χ1) is 8.66. The highest BCUT2D eigenvalue weighted by atomic mass is 32.2. The van der Waals surface area contributed by atoms with Gasteiger partial charge in [-0.15, -0.1) is 0 Å². The van der Waals surface area contributed by atoms with Crippen LogP contribution in [-0.2, 0) is 0 Å². The molecule has 0 saturated carbocycles. The molecule has 0 spiro atoms. The largest absolute Gasteiger partial charge is 0.246 e. The van der Waals surface area contributed by atoms with Crippen molar-refractivity contribution >= 4 is 22.5 Å². The lowest BCUT2D eigenvalue weighted by Gasteiger charge is -2.12. The molecule has 0 unspecified atom stereocenters. The number of benzene rings is 1. The Balaban J connectivity index is 2.15. The van der Waals surface area contributed by atoms with Gasteiger partial charge in [0.25, 0.3) is 0 Å². The number of thioether (sulfide) groups is 1. The van der Waals surface area contributed by atoms with E-state index in [0.717, 1.165) is 23.6 Å². The summed E-state index contributed by atoms with van der Waals surface area (Å²) in [6.07, 6.45) is 6.76. The Bertz CT molecular complexity index is 524. The number of rotatable bonds is 2. The summed E-state index contributed by atoms with van der Waals surface area (Å²) in [5.41, 5.74) is 3.68. The van der Waals surface area contributed by atoms with Crippen molar-refractivity contribution in [1.29, 1.82) is 0 Å². The van der Waals surface area contributed by atoms with Gasteiger partial charge in [0.15, 0.2) is 0 Å². The Labute approximate surface area is 114 Å². The highest BCUT2D eigenvalue weighted by molar-refractivity contribution is 8.17. The van der Waals surface area contributed by atoms with Gasteiger partial charge in [0.1, 0.15) is 0 Å². The van der Waals surface area contributed by atoms with Crippen molar-refractivity contribution in [1.82, 2.24) is 0 Å². The first kappa shape index (κ1) is 13.2. The molecule has 0 atom stereocenters. The van der Waals surface area contributed by atoms with Crippen molar-refractivity contribution in [3.63, 3.8) is 0 Å². The molecule has 0 aliphatic heterocycles. The molecule has 0 amide bonds. The first-order valence-electron chi connectivity index (χ1n) is 6.32. The second-order valence-corrected chi connectivity index (χ2v) is 5.85. The van der Waals surface area contributed by atoms with Crippen LogP contribution in [0.2, 0.25) is 0 Å². The Kier molecular flexibility index (Phi) is 4.43. The normalized spacial score (nSPS) is 16.3. The van der Waals surface area contributed by atoms with Crippen LogP contribution in [0.1, 0.15) is 32.3 Å². The van der Waals surface area contributed by atoms with Gasteiger partial charge in [-0.05, 0) is 55.7 Å². The fraction of sp³-hybridized carbons (Fsp3) is 0.312. The predicted molar refractivity (Wildman–Crippen MR) is 82.6 cm³/mol. The fourth-order valence-corrected chi connectivity index (χ4v) is 2.91. The van der Waals surface area contributed by atoms with E-state index in [9.17, 15) is 0 Å². The van der Waals surface area contributed by atoms with Crippen molar-refractivity contribution in [3.05, 3.63) is 52.5 Å². The summed E-state index contributed by atoms with van der Waals surface area (Å²) in [5.74, 6) is 0. The molecule has 2 rings (SSSR count). The Morgan fingerprint density at radius 2 is 2.00 bits per heavy atom. The van der Waals surface area contributed by atoms with Crippen LogP contribution in [0.4, 0.5) is 5.69 Å². The minimum Gasteiger partial charge on any atom is -0.246 e. The molecule has 0 fully saturated rings. The zero-order valence-corrected chi connectivity index (χ0v) is 12.1. The molecule has 0 aromatic heterocycles. The maximum absolute atomic E-state index is 4.71. The summed E-state index contributed by atoms with van der Waals surface area (Å²) in [6, 6.07) is 8.26. The third-order valence-corrected chi connectivity index (χ3v) is 4.17. The van der Waals surface area contributed by atoms with Crippen LogP contribution in [0.3, 0.4) is 0 Å². The number of hydrogen-bond acceptors (Lipinski definition) is 2. The molecule has 18 heavy (non-hydrogen) atoms. The molecular formula is C16H19NS. The highest BCUT2D eigenvalue weighted by Gasteiger charge is 2.07.